The Morgan fingerprint density at radius 1 is 1.08 bits per heavy atom. The van der Waals surface area contributed by atoms with Crippen molar-refractivity contribution >= 4 is 11.6 Å². The fourth-order valence-electron chi connectivity index (χ4n) is 3.74. The Balaban J connectivity index is 1.73. The summed E-state index contributed by atoms with van der Waals surface area (Å²) in [6, 6.07) is 3.78. The van der Waals surface area contributed by atoms with E-state index in [1.54, 1.807) is 40.0 Å². The third-order valence-electron chi connectivity index (χ3n) is 5.91. The standard InChI is InChI=1S/C25H24ClF2N5O4/c1-14-10-30-21(31-5-6-32(24(31)36)25(3,4)13-34)9-19(14)33-15(2)7-20(22(26)23(33)35)37-12-18-17(28)8-16(27)11-29-18/h5-11,34H,12-13H2,1-4H3. The van der Waals surface area contributed by atoms with Gasteiger partial charge in [0.2, 0.25) is 0 Å². The fourth-order valence-corrected chi connectivity index (χ4v) is 3.94. The second-order valence-corrected chi connectivity index (χ2v) is 9.47. The maximum absolute atomic E-state index is 13.9. The number of pyridine rings is 3. The first-order valence-electron chi connectivity index (χ1n) is 11.2. The van der Waals surface area contributed by atoms with Gasteiger partial charge in [-0.1, -0.05) is 11.6 Å². The van der Waals surface area contributed by atoms with Gasteiger partial charge in [-0.2, -0.15) is 0 Å². The minimum Gasteiger partial charge on any atom is -0.485 e. The number of aliphatic hydroxyl groups is 1. The molecule has 194 valence electrons. The molecule has 0 saturated carbocycles. The van der Waals surface area contributed by atoms with Crippen molar-refractivity contribution in [3.8, 4) is 17.3 Å². The highest BCUT2D eigenvalue weighted by Gasteiger charge is 2.23. The zero-order chi connectivity index (χ0) is 27.1. The van der Waals surface area contributed by atoms with E-state index < -0.39 is 28.4 Å². The number of aromatic nitrogens is 5. The lowest BCUT2D eigenvalue weighted by Gasteiger charge is -2.22. The van der Waals surface area contributed by atoms with E-state index in [2.05, 4.69) is 9.97 Å². The number of ether oxygens (including phenoxy) is 1. The van der Waals surface area contributed by atoms with Crippen LogP contribution < -0.4 is 16.0 Å². The van der Waals surface area contributed by atoms with Crippen LogP contribution in [0.4, 0.5) is 8.78 Å². The summed E-state index contributed by atoms with van der Waals surface area (Å²) in [5.74, 6) is -1.43. The Labute approximate surface area is 215 Å². The van der Waals surface area contributed by atoms with E-state index in [-0.39, 0.29) is 35.5 Å². The summed E-state index contributed by atoms with van der Waals surface area (Å²) >= 11 is 6.33. The van der Waals surface area contributed by atoms with Crippen LogP contribution >= 0.6 is 11.6 Å². The van der Waals surface area contributed by atoms with Crippen LogP contribution in [0.3, 0.4) is 0 Å². The topological polar surface area (TPSA) is 104 Å². The Hall–Kier alpha value is -3.83. The van der Waals surface area contributed by atoms with Gasteiger partial charge in [0, 0.05) is 42.5 Å². The van der Waals surface area contributed by atoms with Gasteiger partial charge in [-0.15, -0.1) is 0 Å². The molecule has 4 rings (SSSR count). The van der Waals surface area contributed by atoms with Gasteiger partial charge in [-0.25, -0.2) is 18.6 Å². The van der Waals surface area contributed by atoms with Gasteiger partial charge < -0.3 is 9.84 Å². The second kappa shape index (κ2) is 9.91. The number of hydrogen-bond donors (Lipinski definition) is 1. The first kappa shape index (κ1) is 26.2. The van der Waals surface area contributed by atoms with Gasteiger partial charge >= 0.3 is 5.69 Å². The number of nitrogens with zero attached hydrogens (tertiary/aromatic N) is 5. The average molecular weight is 532 g/mol. The summed E-state index contributed by atoms with van der Waals surface area (Å²) in [6.07, 6.45) is 5.47. The molecule has 0 aliphatic rings. The highest BCUT2D eigenvalue weighted by Crippen LogP contribution is 2.26. The lowest BCUT2D eigenvalue weighted by Crippen LogP contribution is -2.39. The molecule has 4 heterocycles. The minimum absolute atomic E-state index is 0.0115. The molecular formula is C25H24ClF2N5O4. The molecule has 12 heteroatoms. The Bertz CT molecular complexity index is 1610. The Morgan fingerprint density at radius 2 is 1.81 bits per heavy atom. The molecule has 0 saturated heterocycles. The van der Waals surface area contributed by atoms with E-state index >= 15 is 0 Å². The lowest BCUT2D eigenvalue weighted by atomic mass is 10.1. The molecule has 0 unspecified atom stereocenters. The molecular weight excluding hydrogens is 508 g/mol. The summed E-state index contributed by atoms with van der Waals surface area (Å²) in [4.78, 5) is 34.3. The number of aryl methyl sites for hydroxylation is 2. The van der Waals surface area contributed by atoms with E-state index in [1.165, 1.54) is 32.2 Å². The van der Waals surface area contributed by atoms with E-state index in [0.29, 0.717) is 23.0 Å². The van der Waals surface area contributed by atoms with E-state index in [4.69, 9.17) is 16.3 Å². The summed E-state index contributed by atoms with van der Waals surface area (Å²) < 4.78 is 36.6. The number of rotatable bonds is 7. The van der Waals surface area contributed by atoms with Crippen molar-refractivity contribution in [2.24, 2.45) is 0 Å². The molecule has 37 heavy (non-hydrogen) atoms. The van der Waals surface area contributed by atoms with Crippen LogP contribution in [0.2, 0.25) is 5.02 Å². The van der Waals surface area contributed by atoms with Crippen LogP contribution in [0.1, 0.15) is 30.8 Å². The van der Waals surface area contributed by atoms with E-state index in [1.807, 2.05) is 0 Å². The number of halogens is 3. The highest BCUT2D eigenvalue weighted by atomic mass is 35.5. The third kappa shape index (κ3) is 4.92. The number of imidazole rings is 1. The van der Waals surface area contributed by atoms with Crippen LogP contribution in [0, 0.1) is 25.5 Å². The van der Waals surface area contributed by atoms with Crippen molar-refractivity contribution < 1.29 is 18.6 Å². The predicted molar refractivity (Wildman–Crippen MR) is 133 cm³/mol. The lowest BCUT2D eigenvalue weighted by molar-refractivity contribution is 0.161. The van der Waals surface area contributed by atoms with Crippen molar-refractivity contribution in [1.82, 2.24) is 23.7 Å². The summed E-state index contributed by atoms with van der Waals surface area (Å²) in [6.45, 7) is 6.26. The first-order chi connectivity index (χ1) is 17.4. The van der Waals surface area contributed by atoms with Crippen LogP contribution in [0.5, 0.6) is 5.75 Å². The van der Waals surface area contributed by atoms with Crippen molar-refractivity contribution in [3.63, 3.8) is 0 Å². The van der Waals surface area contributed by atoms with Crippen LogP contribution in [-0.4, -0.2) is 35.4 Å². The number of aliphatic hydroxyl groups excluding tert-OH is 1. The largest absolute Gasteiger partial charge is 0.485 e. The molecule has 0 fully saturated rings. The van der Waals surface area contributed by atoms with Gasteiger partial charge in [-0.05, 0) is 33.3 Å². The second-order valence-electron chi connectivity index (χ2n) is 9.10. The van der Waals surface area contributed by atoms with Crippen molar-refractivity contribution in [2.45, 2.75) is 39.8 Å². The molecule has 0 aliphatic carbocycles. The molecule has 0 amide bonds. The van der Waals surface area contributed by atoms with Gasteiger partial charge in [-0.3, -0.25) is 23.5 Å². The predicted octanol–water partition coefficient (Wildman–Crippen LogP) is 3.43. The molecule has 0 radical (unpaired) electrons. The highest BCUT2D eigenvalue weighted by molar-refractivity contribution is 6.31. The van der Waals surface area contributed by atoms with Crippen molar-refractivity contribution in [2.75, 3.05) is 6.61 Å². The van der Waals surface area contributed by atoms with Crippen molar-refractivity contribution in [3.05, 3.63) is 97.4 Å². The van der Waals surface area contributed by atoms with E-state index in [9.17, 15) is 23.5 Å². The maximum Gasteiger partial charge on any atom is 0.334 e. The summed E-state index contributed by atoms with van der Waals surface area (Å²) in [5.41, 5.74) is -0.449. The van der Waals surface area contributed by atoms with Crippen LogP contribution in [0.25, 0.3) is 11.5 Å². The molecule has 0 aliphatic heterocycles. The van der Waals surface area contributed by atoms with Crippen LogP contribution in [0.15, 0.2) is 52.6 Å². The zero-order valence-electron chi connectivity index (χ0n) is 20.5. The van der Waals surface area contributed by atoms with Crippen molar-refractivity contribution in [1.29, 1.82) is 0 Å². The molecule has 0 bridgehead atoms. The smallest absolute Gasteiger partial charge is 0.334 e. The molecule has 1 N–H and O–H groups in total. The molecule has 4 aromatic rings. The zero-order valence-corrected chi connectivity index (χ0v) is 21.3. The Kier molecular flexibility index (Phi) is 7.03. The van der Waals surface area contributed by atoms with Crippen LogP contribution in [-0.2, 0) is 12.1 Å². The average Bonchev–Trinajstić information content (AvgIpc) is 3.24. The first-order valence-corrected chi connectivity index (χ1v) is 11.6. The third-order valence-corrected chi connectivity index (χ3v) is 6.26. The summed E-state index contributed by atoms with van der Waals surface area (Å²) in [7, 11) is 0. The quantitative estimate of drug-likeness (QED) is 0.392. The normalized spacial score (nSPS) is 11.7. The Morgan fingerprint density at radius 3 is 2.49 bits per heavy atom. The van der Waals surface area contributed by atoms with Gasteiger partial charge in [0.05, 0.1) is 24.0 Å². The van der Waals surface area contributed by atoms with Gasteiger partial charge in [0.25, 0.3) is 5.56 Å². The summed E-state index contributed by atoms with van der Waals surface area (Å²) in [5, 5.41) is 9.38. The molecule has 4 aromatic heterocycles. The molecule has 0 atom stereocenters. The fraction of sp³-hybridized carbons (Fsp3) is 0.280. The SMILES string of the molecule is Cc1cnc(-n2ccn(C(C)(C)CO)c2=O)cc1-n1c(C)cc(OCc2ncc(F)cc2F)c(Cl)c1=O. The van der Waals surface area contributed by atoms with Gasteiger partial charge in [0.1, 0.15) is 34.7 Å². The monoisotopic (exact) mass is 531 g/mol. The molecule has 0 aromatic carbocycles. The van der Waals surface area contributed by atoms with E-state index in [0.717, 1.165) is 6.20 Å². The van der Waals surface area contributed by atoms with Gasteiger partial charge in [0.15, 0.2) is 5.82 Å². The number of hydrogen-bond acceptors (Lipinski definition) is 6. The molecule has 9 nitrogen and oxygen atoms in total. The minimum atomic E-state index is -0.882. The molecule has 0 spiro atoms. The maximum atomic E-state index is 13.9.